The number of carbonyl (C=O) groups excluding carboxylic acids is 1. The van der Waals surface area contributed by atoms with Crippen molar-refractivity contribution in [2.75, 3.05) is 6.54 Å². The van der Waals surface area contributed by atoms with Gasteiger partial charge in [-0.2, -0.15) is 0 Å². The Morgan fingerprint density at radius 3 is 2.66 bits per heavy atom. The standard InChI is InChI=1S/C21H22F3N3O2/c1-13(2)25-21(28)27(11-14-4-3-5-15(22)8-14)12-17-10-20(26-29-17)18-7-6-16(23)9-19(18)24/h3-9,13,17H,10-12H2,1-2H3,(H,25,28). The Morgan fingerprint density at radius 2 is 1.97 bits per heavy atom. The van der Waals surface area contributed by atoms with Crippen LogP contribution in [0.3, 0.4) is 0 Å². The maximum absolute atomic E-state index is 14.0. The van der Waals surface area contributed by atoms with Gasteiger partial charge >= 0.3 is 6.03 Å². The minimum absolute atomic E-state index is 0.0814. The van der Waals surface area contributed by atoms with E-state index in [-0.39, 0.29) is 43.0 Å². The highest BCUT2D eigenvalue weighted by Gasteiger charge is 2.28. The highest BCUT2D eigenvalue weighted by Crippen LogP contribution is 2.21. The zero-order chi connectivity index (χ0) is 21.0. The summed E-state index contributed by atoms with van der Waals surface area (Å²) in [6.45, 7) is 4.02. The molecule has 2 amide bonds. The van der Waals surface area contributed by atoms with Crippen LogP contribution < -0.4 is 5.32 Å². The molecule has 1 atom stereocenters. The molecule has 0 radical (unpaired) electrons. The van der Waals surface area contributed by atoms with Crippen molar-refractivity contribution in [2.45, 2.75) is 39.0 Å². The molecule has 0 bridgehead atoms. The average Bonchev–Trinajstić information content (AvgIpc) is 3.09. The van der Waals surface area contributed by atoms with Crippen molar-refractivity contribution >= 4 is 11.7 Å². The summed E-state index contributed by atoms with van der Waals surface area (Å²) in [5.74, 6) is -1.78. The van der Waals surface area contributed by atoms with Gasteiger partial charge in [-0.1, -0.05) is 17.3 Å². The second-order valence-corrected chi connectivity index (χ2v) is 7.21. The normalized spacial score (nSPS) is 15.8. The Kier molecular flexibility index (Phi) is 6.41. The predicted molar refractivity (Wildman–Crippen MR) is 103 cm³/mol. The first kappa shape index (κ1) is 20.7. The Hall–Kier alpha value is -3.03. The fraction of sp³-hybridized carbons (Fsp3) is 0.333. The van der Waals surface area contributed by atoms with Crippen LogP contribution in [0.25, 0.3) is 0 Å². The molecule has 5 nitrogen and oxygen atoms in total. The summed E-state index contributed by atoms with van der Waals surface area (Å²) in [5, 5.41) is 6.72. The molecule has 1 unspecified atom stereocenters. The smallest absolute Gasteiger partial charge is 0.318 e. The van der Waals surface area contributed by atoms with Gasteiger partial charge in [0.05, 0.1) is 12.3 Å². The number of urea groups is 1. The number of rotatable bonds is 6. The molecule has 1 N–H and O–H groups in total. The molecule has 1 aliphatic heterocycles. The van der Waals surface area contributed by atoms with Crippen molar-refractivity contribution in [2.24, 2.45) is 5.16 Å². The molecule has 0 fully saturated rings. The van der Waals surface area contributed by atoms with E-state index in [4.69, 9.17) is 4.84 Å². The van der Waals surface area contributed by atoms with Gasteiger partial charge in [0.25, 0.3) is 0 Å². The second kappa shape index (κ2) is 8.98. The van der Waals surface area contributed by atoms with E-state index in [2.05, 4.69) is 10.5 Å². The molecular weight excluding hydrogens is 383 g/mol. The fourth-order valence-electron chi connectivity index (χ4n) is 3.07. The highest BCUT2D eigenvalue weighted by molar-refractivity contribution is 6.01. The molecule has 0 saturated carbocycles. The van der Waals surface area contributed by atoms with E-state index in [1.807, 2.05) is 13.8 Å². The Morgan fingerprint density at radius 1 is 1.21 bits per heavy atom. The summed E-state index contributed by atoms with van der Waals surface area (Å²) in [6, 6.07) is 8.85. The molecule has 1 heterocycles. The van der Waals surface area contributed by atoms with Gasteiger partial charge in [0.1, 0.15) is 17.5 Å². The van der Waals surface area contributed by atoms with Crippen LogP contribution in [0.15, 0.2) is 47.6 Å². The molecule has 2 aromatic carbocycles. The van der Waals surface area contributed by atoms with Gasteiger partial charge in [-0.25, -0.2) is 18.0 Å². The number of nitrogens with one attached hydrogen (secondary N) is 1. The molecule has 29 heavy (non-hydrogen) atoms. The largest absolute Gasteiger partial charge is 0.390 e. The fourth-order valence-corrected chi connectivity index (χ4v) is 3.07. The number of hydrogen-bond donors (Lipinski definition) is 1. The molecule has 0 aliphatic carbocycles. The van der Waals surface area contributed by atoms with Crippen molar-refractivity contribution in [3.05, 3.63) is 71.0 Å². The maximum Gasteiger partial charge on any atom is 0.318 e. The molecule has 0 aromatic heterocycles. The van der Waals surface area contributed by atoms with Crippen LogP contribution in [-0.4, -0.2) is 35.3 Å². The van der Waals surface area contributed by atoms with Gasteiger partial charge in [-0.05, 0) is 43.7 Å². The molecule has 154 valence electrons. The predicted octanol–water partition coefficient (Wildman–Crippen LogP) is 4.22. The van der Waals surface area contributed by atoms with E-state index in [0.717, 1.165) is 12.1 Å². The van der Waals surface area contributed by atoms with Crippen molar-refractivity contribution < 1.29 is 22.8 Å². The number of oxime groups is 1. The summed E-state index contributed by atoms with van der Waals surface area (Å²) in [6.07, 6.45) is -0.238. The number of amides is 2. The first-order valence-electron chi connectivity index (χ1n) is 9.30. The van der Waals surface area contributed by atoms with Gasteiger partial charge in [-0.3, -0.25) is 0 Å². The summed E-state index contributed by atoms with van der Waals surface area (Å²) >= 11 is 0. The SMILES string of the molecule is CC(C)NC(=O)N(Cc1cccc(F)c1)CC1CC(c2ccc(F)cc2F)=NO1. The Bertz CT molecular complexity index is 918. The Labute approximate surface area is 167 Å². The quantitative estimate of drug-likeness (QED) is 0.783. The van der Waals surface area contributed by atoms with Gasteiger partial charge < -0.3 is 15.1 Å². The first-order chi connectivity index (χ1) is 13.8. The molecule has 2 aromatic rings. The van der Waals surface area contributed by atoms with Crippen LogP contribution in [-0.2, 0) is 11.4 Å². The molecule has 3 rings (SSSR count). The van der Waals surface area contributed by atoms with Crippen LogP contribution in [0.2, 0.25) is 0 Å². The third kappa shape index (κ3) is 5.49. The molecule has 8 heteroatoms. The summed E-state index contributed by atoms with van der Waals surface area (Å²) in [4.78, 5) is 19.5. The topological polar surface area (TPSA) is 53.9 Å². The van der Waals surface area contributed by atoms with E-state index in [0.29, 0.717) is 11.3 Å². The second-order valence-electron chi connectivity index (χ2n) is 7.21. The van der Waals surface area contributed by atoms with Crippen LogP contribution in [0.5, 0.6) is 0 Å². The van der Waals surface area contributed by atoms with E-state index < -0.39 is 17.7 Å². The van der Waals surface area contributed by atoms with Crippen LogP contribution >= 0.6 is 0 Å². The average molecular weight is 405 g/mol. The zero-order valence-electron chi connectivity index (χ0n) is 16.2. The van der Waals surface area contributed by atoms with Crippen LogP contribution in [0.1, 0.15) is 31.4 Å². The van der Waals surface area contributed by atoms with E-state index in [1.165, 1.54) is 23.1 Å². The molecule has 0 spiro atoms. The van der Waals surface area contributed by atoms with Crippen LogP contribution in [0.4, 0.5) is 18.0 Å². The summed E-state index contributed by atoms with van der Waals surface area (Å²) in [5.41, 5.74) is 1.15. The highest BCUT2D eigenvalue weighted by atomic mass is 19.1. The lowest BCUT2D eigenvalue weighted by molar-refractivity contribution is 0.0586. The van der Waals surface area contributed by atoms with E-state index >= 15 is 0 Å². The number of hydrogen-bond acceptors (Lipinski definition) is 3. The van der Waals surface area contributed by atoms with Crippen molar-refractivity contribution in [1.82, 2.24) is 10.2 Å². The Balaban J connectivity index is 1.70. The lowest BCUT2D eigenvalue weighted by Gasteiger charge is -2.26. The van der Waals surface area contributed by atoms with Gasteiger partial charge in [0.15, 0.2) is 6.10 Å². The minimum Gasteiger partial charge on any atom is -0.390 e. The third-order valence-corrected chi connectivity index (χ3v) is 4.36. The molecule has 1 aliphatic rings. The van der Waals surface area contributed by atoms with Crippen molar-refractivity contribution in [3.63, 3.8) is 0 Å². The lowest BCUT2D eigenvalue weighted by Crippen LogP contribution is -2.45. The van der Waals surface area contributed by atoms with Crippen molar-refractivity contribution in [1.29, 1.82) is 0 Å². The lowest BCUT2D eigenvalue weighted by atomic mass is 10.0. The van der Waals surface area contributed by atoms with E-state index in [9.17, 15) is 18.0 Å². The monoisotopic (exact) mass is 405 g/mol. The summed E-state index contributed by atoms with van der Waals surface area (Å²) in [7, 11) is 0. The first-order valence-corrected chi connectivity index (χ1v) is 9.30. The van der Waals surface area contributed by atoms with Gasteiger partial charge in [0.2, 0.25) is 0 Å². The number of nitrogens with zero attached hydrogens (tertiary/aromatic N) is 2. The van der Waals surface area contributed by atoms with E-state index in [1.54, 1.807) is 12.1 Å². The maximum atomic E-state index is 14.0. The van der Waals surface area contributed by atoms with Crippen LogP contribution in [0, 0.1) is 17.5 Å². The van der Waals surface area contributed by atoms with Crippen molar-refractivity contribution in [3.8, 4) is 0 Å². The van der Waals surface area contributed by atoms with Gasteiger partial charge in [-0.15, -0.1) is 0 Å². The molecular formula is C21H22F3N3O2. The summed E-state index contributed by atoms with van der Waals surface area (Å²) < 4.78 is 40.6. The minimum atomic E-state index is -0.720. The van der Waals surface area contributed by atoms with Gasteiger partial charge in [0, 0.05) is 30.6 Å². The number of halogens is 3. The number of benzene rings is 2. The molecule has 0 saturated heterocycles. The number of carbonyl (C=O) groups is 1. The zero-order valence-corrected chi connectivity index (χ0v) is 16.2. The third-order valence-electron chi connectivity index (χ3n) is 4.36.